The predicted molar refractivity (Wildman–Crippen MR) is 84.4 cm³/mol. The highest BCUT2D eigenvalue weighted by atomic mass is 79.9. The second-order valence-electron chi connectivity index (χ2n) is 3.90. The number of hydrogen-bond acceptors (Lipinski definition) is 3. The topological polar surface area (TPSA) is 12.0 Å². The molecular formula is C12H13Br2NS2. The molecule has 1 unspecified atom stereocenters. The van der Waals surface area contributed by atoms with Crippen LogP contribution in [0.2, 0.25) is 0 Å². The van der Waals surface area contributed by atoms with Gasteiger partial charge in [0.2, 0.25) is 0 Å². The molecule has 17 heavy (non-hydrogen) atoms. The summed E-state index contributed by atoms with van der Waals surface area (Å²) >= 11 is 10.9. The molecule has 2 heterocycles. The Balaban J connectivity index is 2.43. The first-order valence-corrected chi connectivity index (χ1v) is 8.43. The van der Waals surface area contributed by atoms with Crippen LogP contribution in [-0.2, 0) is 0 Å². The standard InChI is InChI=1S/C12H13Br2NS2/c1-6-4-9(17-12(6)14)10(15-3)11-8(13)5-7(2)16-11/h4-5,10,15H,1-3H3. The first-order chi connectivity index (χ1) is 8.02. The van der Waals surface area contributed by atoms with Crippen molar-refractivity contribution in [2.75, 3.05) is 7.05 Å². The quantitative estimate of drug-likeness (QED) is 0.748. The van der Waals surface area contributed by atoms with Crippen molar-refractivity contribution < 1.29 is 0 Å². The van der Waals surface area contributed by atoms with Gasteiger partial charge in [-0.15, -0.1) is 22.7 Å². The van der Waals surface area contributed by atoms with E-state index < -0.39 is 0 Å². The molecule has 2 aromatic heterocycles. The van der Waals surface area contributed by atoms with E-state index in [1.54, 1.807) is 11.3 Å². The van der Waals surface area contributed by atoms with Gasteiger partial charge >= 0.3 is 0 Å². The van der Waals surface area contributed by atoms with Crippen molar-refractivity contribution in [1.29, 1.82) is 0 Å². The van der Waals surface area contributed by atoms with Gasteiger partial charge in [-0.2, -0.15) is 0 Å². The van der Waals surface area contributed by atoms with Crippen LogP contribution in [0.3, 0.4) is 0 Å². The van der Waals surface area contributed by atoms with Gasteiger partial charge in [-0.25, -0.2) is 0 Å². The zero-order valence-corrected chi connectivity index (χ0v) is 14.6. The Morgan fingerprint density at radius 3 is 2.29 bits per heavy atom. The van der Waals surface area contributed by atoms with E-state index in [1.807, 2.05) is 18.4 Å². The molecule has 5 heteroatoms. The molecule has 0 saturated carbocycles. The third-order valence-electron chi connectivity index (χ3n) is 2.55. The summed E-state index contributed by atoms with van der Waals surface area (Å²) in [6.07, 6.45) is 0. The van der Waals surface area contributed by atoms with Crippen LogP contribution in [0, 0.1) is 13.8 Å². The molecule has 1 atom stereocenters. The van der Waals surface area contributed by atoms with Gasteiger partial charge in [0.25, 0.3) is 0 Å². The lowest BCUT2D eigenvalue weighted by Gasteiger charge is -2.13. The molecule has 0 aliphatic rings. The van der Waals surface area contributed by atoms with E-state index in [0.717, 1.165) is 0 Å². The molecule has 0 saturated heterocycles. The zero-order valence-electron chi connectivity index (χ0n) is 9.80. The van der Waals surface area contributed by atoms with E-state index in [0.29, 0.717) is 0 Å². The molecule has 1 nitrogen and oxygen atoms in total. The maximum Gasteiger partial charge on any atom is 0.0774 e. The van der Waals surface area contributed by atoms with Crippen LogP contribution in [-0.4, -0.2) is 7.05 Å². The van der Waals surface area contributed by atoms with Gasteiger partial charge in [-0.05, 0) is 70.5 Å². The molecule has 0 aliphatic heterocycles. The zero-order chi connectivity index (χ0) is 12.6. The van der Waals surface area contributed by atoms with Gasteiger partial charge in [-0.1, -0.05) is 0 Å². The summed E-state index contributed by atoms with van der Waals surface area (Å²) < 4.78 is 2.42. The Labute approximate surface area is 127 Å². The van der Waals surface area contributed by atoms with Crippen LogP contribution in [0.15, 0.2) is 20.4 Å². The molecular weight excluding hydrogens is 382 g/mol. The van der Waals surface area contributed by atoms with Crippen molar-refractivity contribution in [3.8, 4) is 0 Å². The lowest BCUT2D eigenvalue weighted by molar-refractivity contribution is 0.713. The summed E-state index contributed by atoms with van der Waals surface area (Å²) in [5.74, 6) is 0. The van der Waals surface area contributed by atoms with Crippen LogP contribution in [0.5, 0.6) is 0 Å². The van der Waals surface area contributed by atoms with E-state index in [-0.39, 0.29) is 6.04 Å². The number of aryl methyl sites for hydroxylation is 2. The van der Waals surface area contributed by atoms with Crippen molar-refractivity contribution in [2.45, 2.75) is 19.9 Å². The highest BCUT2D eigenvalue weighted by Crippen LogP contribution is 2.39. The molecule has 0 spiro atoms. The van der Waals surface area contributed by atoms with Crippen LogP contribution < -0.4 is 5.32 Å². The third kappa shape index (κ3) is 2.84. The molecule has 2 rings (SSSR count). The van der Waals surface area contributed by atoms with Crippen molar-refractivity contribution in [1.82, 2.24) is 5.32 Å². The first-order valence-electron chi connectivity index (χ1n) is 5.22. The van der Waals surface area contributed by atoms with Crippen molar-refractivity contribution in [3.63, 3.8) is 0 Å². The molecule has 1 N–H and O–H groups in total. The van der Waals surface area contributed by atoms with Crippen LogP contribution in [0.1, 0.15) is 26.2 Å². The average Bonchev–Trinajstić information content (AvgIpc) is 2.74. The van der Waals surface area contributed by atoms with Crippen LogP contribution >= 0.6 is 54.5 Å². The van der Waals surface area contributed by atoms with E-state index >= 15 is 0 Å². The van der Waals surface area contributed by atoms with Crippen molar-refractivity contribution in [3.05, 3.63) is 40.6 Å². The van der Waals surface area contributed by atoms with Crippen LogP contribution in [0.4, 0.5) is 0 Å². The minimum Gasteiger partial charge on any atom is -0.308 e. The number of halogens is 2. The van der Waals surface area contributed by atoms with Gasteiger partial charge < -0.3 is 5.32 Å². The minimum absolute atomic E-state index is 0.276. The fourth-order valence-electron chi connectivity index (χ4n) is 1.73. The molecule has 0 fully saturated rings. The third-order valence-corrected chi connectivity index (χ3v) is 6.78. The summed E-state index contributed by atoms with van der Waals surface area (Å²) in [5.41, 5.74) is 1.30. The second-order valence-corrected chi connectivity index (χ2v) is 8.44. The Morgan fingerprint density at radius 1 is 1.18 bits per heavy atom. The van der Waals surface area contributed by atoms with Gasteiger partial charge in [-0.3, -0.25) is 0 Å². The smallest absolute Gasteiger partial charge is 0.0774 e. The number of thiophene rings is 2. The number of rotatable bonds is 3. The lowest BCUT2D eigenvalue weighted by atomic mass is 10.2. The highest BCUT2D eigenvalue weighted by Gasteiger charge is 2.20. The van der Waals surface area contributed by atoms with Gasteiger partial charge in [0.05, 0.1) is 9.83 Å². The number of nitrogens with one attached hydrogen (secondary N) is 1. The van der Waals surface area contributed by atoms with Crippen LogP contribution in [0.25, 0.3) is 0 Å². The predicted octanol–water partition coefficient (Wildman–Crippen LogP) is 5.26. The van der Waals surface area contributed by atoms with E-state index in [2.05, 4.69) is 63.2 Å². The van der Waals surface area contributed by atoms with Crippen molar-refractivity contribution >= 4 is 54.5 Å². The first kappa shape index (κ1) is 13.7. The fourth-order valence-corrected chi connectivity index (χ4v) is 5.50. The largest absolute Gasteiger partial charge is 0.308 e. The Hall–Kier alpha value is 0.320. The summed E-state index contributed by atoms with van der Waals surface area (Å²) in [5, 5.41) is 3.40. The van der Waals surface area contributed by atoms with Crippen molar-refractivity contribution in [2.24, 2.45) is 0 Å². The Morgan fingerprint density at radius 2 is 1.88 bits per heavy atom. The summed E-state index contributed by atoms with van der Waals surface area (Å²) in [4.78, 5) is 4.03. The van der Waals surface area contributed by atoms with Gasteiger partial charge in [0, 0.05) is 19.1 Å². The second kappa shape index (κ2) is 5.53. The molecule has 92 valence electrons. The maximum absolute atomic E-state index is 3.64. The summed E-state index contributed by atoms with van der Waals surface area (Å²) in [6, 6.07) is 4.70. The molecule has 2 aromatic rings. The monoisotopic (exact) mass is 393 g/mol. The van der Waals surface area contributed by atoms with E-state index in [9.17, 15) is 0 Å². The molecule has 0 amide bonds. The van der Waals surface area contributed by atoms with Gasteiger partial charge in [0.15, 0.2) is 0 Å². The normalized spacial score (nSPS) is 13.0. The molecule has 0 aromatic carbocycles. The minimum atomic E-state index is 0.276. The average molecular weight is 395 g/mol. The van der Waals surface area contributed by atoms with Gasteiger partial charge in [0.1, 0.15) is 0 Å². The number of hydrogen-bond donors (Lipinski definition) is 1. The summed E-state index contributed by atoms with van der Waals surface area (Å²) in [6.45, 7) is 4.27. The molecule has 0 aliphatic carbocycles. The lowest BCUT2D eigenvalue weighted by Crippen LogP contribution is -2.15. The fraction of sp³-hybridized carbons (Fsp3) is 0.333. The highest BCUT2D eigenvalue weighted by molar-refractivity contribution is 9.11. The molecule has 0 bridgehead atoms. The summed E-state index contributed by atoms with van der Waals surface area (Å²) in [7, 11) is 2.01. The van der Waals surface area contributed by atoms with E-state index in [4.69, 9.17) is 0 Å². The molecule has 0 radical (unpaired) electrons. The van der Waals surface area contributed by atoms with E-state index in [1.165, 1.54) is 28.5 Å². The maximum atomic E-state index is 3.64. The Kier molecular flexibility index (Phi) is 4.47. The Bertz CT molecular complexity index is 511. The SMILES string of the molecule is CNC(c1cc(C)c(Br)s1)c1sc(C)cc1Br.